The fraction of sp³-hybridized carbons (Fsp3) is 0.227. The lowest BCUT2D eigenvalue weighted by Gasteiger charge is -2.08. The van der Waals surface area contributed by atoms with Gasteiger partial charge in [0.2, 0.25) is 11.0 Å². The summed E-state index contributed by atoms with van der Waals surface area (Å²) in [4.78, 5) is 17.2. The number of halogens is 1. The number of hydrogen-bond acceptors (Lipinski definition) is 4. The number of benzene rings is 2. The maximum absolute atomic E-state index is 12.6. The number of carbonyl (C=O) groups is 1. The highest BCUT2D eigenvalue weighted by molar-refractivity contribution is 7.20. The molecule has 0 unspecified atom stereocenters. The first-order valence-electron chi connectivity index (χ1n) is 9.41. The number of aromatic nitrogens is 3. The zero-order valence-electron chi connectivity index (χ0n) is 16.4. The van der Waals surface area contributed by atoms with Gasteiger partial charge in [-0.1, -0.05) is 67.1 Å². The summed E-state index contributed by atoms with van der Waals surface area (Å²) in [6.45, 7) is 6.19. The molecule has 0 aliphatic heterocycles. The summed E-state index contributed by atoms with van der Waals surface area (Å²) in [6, 6.07) is 15.7. The van der Waals surface area contributed by atoms with Crippen molar-refractivity contribution in [2.75, 3.05) is 5.32 Å². The number of nitrogens with one attached hydrogen (secondary N) is 1. The molecule has 0 spiro atoms. The molecule has 29 heavy (non-hydrogen) atoms. The third kappa shape index (κ3) is 4.18. The van der Waals surface area contributed by atoms with Crippen LogP contribution < -0.4 is 5.32 Å². The van der Waals surface area contributed by atoms with E-state index < -0.39 is 0 Å². The van der Waals surface area contributed by atoms with Crippen LogP contribution in [0.3, 0.4) is 0 Å². The van der Waals surface area contributed by atoms with Crippen molar-refractivity contribution < 1.29 is 4.79 Å². The molecule has 4 aromatic rings. The van der Waals surface area contributed by atoms with Crippen LogP contribution in [-0.2, 0) is 11.2 Å². The molecule has 0 fully saturated rings. The molecule has 0 bridgehead atoms. The number of fused-ring (bicyclic) bond motifs is 1. The third-order valence-electron chi connectivity index (χ3n) is 4.65. The summed E-state index contributed by atoms with van der Waals surface area (Å²) in [6.07, 6.45) is 0.300. The summed E-state index contributed by atoms with van der Waals surface area (Å²) >= 11 is 7.73. The first-order valence-corrected chi connectivity index (χ1v) is 10.6. The quantitative estimate of drug-likeness (QED) is 0.443. The molecule has 0 aliphatic rings. The predicted octanol–water partition coefficient (Wildman–Crippen LogP) is 5.75. The molecule has 7 heteroatoms. The van der Waals surface area contributed by atoms with Crippen LogP contribution in [0.15, 0.2) is 48.5 Å². The van der Waals surface area contributed by atoms with E-state index in [1.807, 2.05) is 43.3 Å². The molecule has 1 amide bonds. The maximum Gasteiger partial charge on any atom is 0.229 e. The van der Waals surface area contributed by atoms with Crippen molar-refractivity contribution in [2.24, 2.45) is 0 Å². The van der Waals surface area contributed by atoms with Crippen LogP contribution in [0.4, 0.5) is 5.82 Å². The Hall–Kier alpha value is -2.70. The number of rotatable bonds is 5. The van der Waals surface area contributed by atoms with Crippen LogP contribution >= 0.6 is 22.9 Å². The van der Waals surface area contributed by atoms with Gasteiger partial charge in [0.05, 0.1) is 21.8 Å². The van der Waals surface area contributed by atoms with Gasteiger partial charge in [-0.25, -0.2) is 4.98 Å². The average Bonchev–Trinajstić information content (AvgIpc) is 3.26. The van der Waals surface area contributed by atoms with Gasteiger partial charge in [0.25, 0.3) is 0 Å². The van der Waals surface area contributed by atoms with Gasteiger partial charge in [-0.05, 0) is 36.1 Å². The molecule has 0 atom stereocenters. The van der Waals surface area contributed by atoms with E-state index in [1.165, 1.54) is 16.9 Å². The first-order chi connectivity index (χ1) is 13.9. The van der Waals surface area contributed by atoms with Crippen molar-refractivity contribution >= 4 is 44.9 Å². The second-order valence-electron chi connectivity index (χ2n) is 7.29. The van der Waals surface area contributed by atoms with Crippen molar-refractivity contribution in [3.8, 4) is 5.13 Å². The Morgan fingerprint density at radius 1 is 1.21 bits per heavy atom. The molecule has 2 aromatic carbocycles. The summed E-state index contributed by atoms with van der Waals surface area (Å²) in [5, 5.41) is 8.74. The largest absolute Gasteiger partial charge is 0.310 e. The molecule has 2 heterocycles. The fourth-order valence-electron chi connectivity index (χ4n) is 3.12. The van der Waals surface area contributed by atoms with E-state index in [0.717, 1.165) is 21.5 Å². The Bertz CT molecular complexity index is 1180. The number of amides is 1. The highest BCUT2D eigenvalue weighted by atomic mass is 35.5. The topological polar surface area (TPSA) is 59.8 Å². The van der Waals surface area contributed by atoms with Gasteiger partial charge in [-0.3, -0.25) is 4.79 Å². The highest BCUT2D eigenvalue weighted by Gasteiger charge is 2.16. The minimum atomic E-state index is -0.0948. The van der Waals surface area contributed by atoms with Crippen LogP contribution in [0, 0.1) is 6.92 Å². The van der Waals surface area contributed by atoms with Crippen LogP contribution in [0.5, 0.6) is 0 Å². The van der Waals surface area contributed by atoms with Crippen LogP contribution in [0.1, 0.15) is 36.6 Å². The standard InChI is InChI=1S/C22H21ClN4OS/c1-13(2)16-9-7-15(8-10-16)12-20(28)24-19-11-14(3)26-27(19)22-25-21-17(23)5-4-6-18(21)29-22/h4-11,13H,12H2,1-3H3,(H,24,28). The van der Waals surface area contributed by atoms with Gasteiger partial charge in [-0.2, -0.15) is 9.78 Å². The van der Waals surface area contributed by atoms with Gasteiger partial charge in [0, 0.05) is 6.07 Å². The molecule has 5 nitrogen and oxygen atoms in total. The van der Waals surface area contributed by atoms with E-state index in [9.17, 15) is 4.79 Å². The number of carbonyl (C=O) groups excluding carboxylic acids is 1. The number of aryl methyl sites for hydroxylation is 1. The Morgan fingerprint density at radius 2 is 1.97 bits per heavy atom. The highest BCUT2D eigenvalue weighted by Crippen LogP contribution is 2.31. The number of hydrogen-bond donors (Lipinski definition) is 1. The number of anilines is 1. The van der Waals surface area contributed by atoms with Gasteiger partial charge < -0.3 is 5.32 Å². The second-order valence-corrected chi connectivity index (χ2v) is 8.70. The van der Waals surface area contributed by atoms with E-state index in [0.29, 0.717) is 28.3 Å². The molecular formula is C22H21ClN4OS. The van der Waals surface area contributed by atoms with E-state index in [2.05, 4.69) is 41.4 Å². The smallest absolute Gasteiger partial charge is 0.229 e. The van der Waals surface area contributed by atoms with Crippen molar-refractivity contribution in [2.45, 2.75) is 33.1 Å². The number of para-hydroxylation sites is 1. The minimum absolute atomic E-state index is 0.0948. The predicted molar refractivity (Wildman–Crippen MR) is 119 cm³/mol. The van der Waals surface area contributed by atoms with Crippen molar-refractivity contribution in [1.82, 2.24) is 14.8 Å². The summed E-state index contributed by atoms with van der Waals surface area (Å²) in [5.41, 5.74) is 3.77. The lowest BCUT2D eigenvalue weighted by molar-refractivity contribution is -0.115. The molecule has 2 aromatic heterocycles. The summed E-state index contributed by atoms with van der Waals surface area (Å²) in [5.74, 6) is 0.974. The van der Waals surface area contributed by atoms with E-state index in [4.69, 9.17) is 11.6 Å². The van der Waals surface area contributed by atoms with Crippen LogP contribution in [0.2, 0.25) is 5.02 Å². The van der Waals surface area contributed by atoms with Gasteiger partial charge >= 0.3 is 0 Å². The monoisotopic (exact) mass is 424 g/mol. The van der Waals surface area contributed by atoms with Crippen molar-refractivity contribution in [1.29, 1.82) is 0 Å². The second kappa shape index (κ2) is 7.97. The summed E-state index contributed by atoms with van der Waals surface area (Å²) < 4.78 is 2.64. The normalized spacial score (nSPS) is 11.3. The SMILES string of the molecule is Cc1cc(NC(=O)Cc2ccc(C(C)C)cc2)n(-c2nc3c(Cl)cccc3s2)n1. The van der Waals surface area contributed by atoms with Gasteiger partial charge in [-0.15, -0.1) is 0 Å². The average molecular weight is 425 g/mol. The summed E-state index contributed by atoms with van der Waals surface area (Å²) in [7, 11) is 0. The number of thiazole rings is 1. The first kappa shape index (κ1) is 19.6. The molecule has 4 rings (SSSR count). The Kier molecular flexibility index (Phi) is 5.39. The molecule has 0 saturated carbocycles. The van der Waals surface area contributed by atoms with Gasteiger partial charge in [0.1, 0.15) is 11.3 Å². The molecule has 1 N–H and O–H groups in total. The molecule has 0 radical (unpaired) electrons. The molecule has 0 aliphatic carbocycles. The van der Waals surface area contributed by atoms with Crippen LogP contribution in [-0.4, -0.2) is 20.7 Å². The lowest BCUT2D eigenvalue weighted by Crippen LogP contribution is -2.17. The zero-order valence-corrected chi connectivity index (χ0v) is 18.0. The maximum atomic E-state index is 12.6. The minimum Gasteiger partial charge on any atom is -0.310 e. The van der Waals surface area contributed by atoms with E-state index in [-0.39, 0.29) is 5.91 Å². The van der Waals surface area contributed by atoms with E-state index >= 15 is 0 Å². The van der Waals surface area contributed by atoms with Crippen LogP contribution in [0.25, 0.3) is 15.3 Å². The molecular weight excluding hydrogens is 404 g/mol. The Morgan fingerprint density at radius 3 is 2.66 bits per heavy atom. The van der Waals surface area contributed by atoms with Crippen molar-refractivity contribution in [3.05, 3.63) is 70.4 Å². The Labute approximate surface area is 178 Å². The number of nitrogens with zero attached hydrogens (tertiary/aromatic N) is 3. The third-order valence-corrected chi connectivity index (χ3v) is 5.95. The molecule has 0 saturated heterocycles. The zero-order chi connectivity index (χ0) is 20.5. The van der Waals surface area contributed by atoms with Crippen molar-refractivity contribution in [3.63, 3.8) is 0 Å². The van der Waals surface area contributed by atoms with Gasteiger partial charge in [0.15, 0.2) is 0 Å². The lowest BCUT2D eigenvalue weighted by atomic mass is 10.0. The van der Waals surface area contributed by atoms with E-state index in [1.54, 1.807) is 4.68 Å². The molecule has 148 valence electrons. The Balaban J connectivity index is 1.56. The fourth-order valence-corrected chi connectivity index (χ4v) is 4.35.